The molecule has 2 heterocycles. The van der Waals surface area contributed by atoms with E-state index in [9.17, 15) is 14.5 Å². The van der Waals surface area contributed by atoms with Gasteiger partial charge in [-0.1, -0.05) is 0 Å². The van der Waals surface area contributed by atoms with Gasteiger partial charge in [0.05, 0.1) is 23.8 Å². The average molecular weight is 337 g/mol. The van der Waals surface area contributed by atoms with Crippen LogP contribution in [-0.2, 0) is 0 Å². The van der Waals surface area contributed by atoms with E-state index >= 15 is 0 Å². The summed E-state index contributed by atoms with van der Waals surface area (Å²) in [7, 11) is 3.52. The van der Waals surface area contributed by atoms with Gasteiger partial charge < -0.3 is 14.5 Å². The Morgan fingerprint density at radius 2 is 1.75 bits per heavy atom. The van der Waals surface area contributed by atoms with E-state index < -0.39 is 10.7 Å². The Labute approximate surface area is 141 Å². The molecule has 7 heteroatoms. The van der Waals surface area contributed by atoms with Crippen LogP contribution >= 0.6 is 0 Å². The maximum Gasteiger partial charge on any atom is 0.313 e. The van der Waals surface area contributed by atoms with E-state index in [4.69, 9.17) is 4.74 Å². The maximum absolute atomic E-state index is 14.4. The number of piperidine rings is 2. The predicted molar refractivity (Wildman–Crippen MR) is 90.2 cm³/mol. The Balaban J connectivity index is 1.76. The summed E-state index contributed by atoms with van der Waals surface area (Å²) < 4.78 is 19.5. The Morgan fingerprint density at radius 1 is 1.17 bits per heavy atom. The number of hydrogen-bond donors (Lipinski definition) is 0. The van der Waals surface area contributed by atoms with E-state index in [2.05, 4.69) is 11.9 Å². The molecular formula is C17H24FN3O3. The Kier molecular flexibility index (Phi) is 4.62. The van der Waals surface area contributed by atoms with Crippen molar-refractivity contribution in [1.82, 2.24) is 4.90 Å². The average Bonchev–Trinajstić information content (AvgIpc) is 2.58. The molecule has 24 heavy (non-hydrogen) atoms. The number of nitro groups is 1. The summed E-state index contributed by atoms with van der Waals surface area (Å²) in [5, 5.41) is 11.0. The SMILES string of the molecule is COc1cc(N2CCC3(CCN(C)CC3)CC2)c(F)cc1[N+](=O)[O-]. The van der Waals surface area contributed by atoms with Crippen LogP contribution in [0.25, 0.3) is 0 Å². The fraction of sp³-hybridized carbons (Fsp3) is 0.647. The number of halogens is 1. The van der Waals surface area contributed by atoms with Crippen LogP contribution in [0.4, 0.5) is 15.8 Å². The summed E-state index contributed by atoms with van der Waals surface area (Å²) in [6, 6.07) is 2.42. The lowest BCUT2D eigenvalue weighted by Gasteiger charge is -2.46. The molecule has 3 rings (SSSR count). The standard InChI is InChI=1S/C17H24FN3O3/c1-19-7-3-17(4-8-19)5-9-20(10-6-17)14-12-16(24-2)15(21(22)23)11-13(14)18/h11-12H,3-10H2,1-2H3. The van der Waals surface area contributed by atoms with Crippen molar-refractivity contribution in [2.75, 3.05) is 45.2 Å². The summed E-state index contributed by atoms with van der Waals surface area (Å²) >= 11 is 0. The highest BCUT2D eigenvalue weighted by Gasteiger charge is 2.37. The van der Waals surface area contributed by atoms with E-state index in [1.165, 1.54) is 26.0 Å². The number of benzene rings is 1. The minimum absolute atomic E-state index is 0.107. The van der Waals surface area contributed by atoms with E-state index in [1.54, 1.807) is 0 Å². The summed E-state index contributed by atoms with van der Waals surface area (Å²) in [6.07, 6.45) is 4.48. The normalized spacial score (nSPS) is 21.0. The number of nitrogens with zero attached hydrogens (tertiary/aromatic N) is 3. The van der Waals surface area contributed by atoms with Gasteiger partial charge in [0.15, 0.2) is 11.6 Å². The molecule has 132 valence electrons. The van der Waals surface area contributed by atoms with Crippen molar-refractivity contribution in [3.05, 3.63) is 28.1 Å². The van der Waals surface area contributed by atoms with Crippen molar-refractivity contribution in [3.63, 3.8) is 0 Å². The monoisotopic (exact) mass is 337 g/mol. The van der Waals surface area contributed by atoms with Crippen LogP contribution in [0.2, 0.25) is 0 Å². The van der Waals surface area contributed by atoms with Crippen LogP contribution in [0.1, 0.15) is 25.7 Å². The summed E-state index contributed by atoms with van der Waals surface area (Å²) in [5.74, 6) is -0.446. The van der Waals surface area contributed by atoms with Gasteiger partial charge in [-0.2, -0.15) is 0 Å². The Morgan fingerprint density at radius 3 is 2.29 bits per heavy atom. The largest absolute Gasteiger partial charge is 0.490 e. The first-order chi connectivity index (χ1) is 11.4. The van der Waals surface area contributed by atoms with Gasteiger partial charge in [0, 0.05) is 19.2 Å². The third kappa shape index (κ3) is 3.17. The van der Waals surface area contributed by atoms with Gasteiger partial charge in [-0.3, -0.25) is 10.1 Å². The molecule has 1 aromatic carbocycles. The molecule has 0 aliphatic carbocycles. The molecule has 0 radical (unpaired) electrons. The smallest absolute Gasteiger partial charge is 0.313 e. The zero-order chi connectivity index (χ0) is 17.3. The second-order valence-electron chi connectivity index (χ2n) is 7.02. The molecule has 0 unspecified atom stereocenters. The van der Waals surface area contributed by atoms with Crippen LogP contribution in [0, 0.1) is 21.3 Å². The van der Waals surface area contributed by atoms with Crippen molar-refractivity contribution in [3.8, 4) is 5.75 Å². The van der Waals surface area contributed by atoms with E-state index in [-0.39, 0.29) is 11.4 Å². The minimum Gasteiger partial charge on any atom is -0.490 e. The molecule has 2 aliphatic heterocycles. The van der Waals surface area contributed by atoms with Gasteiger partial charge in [0.1, 0.15) is 0 Å². The number of anilines is 1. The lowest BCUT2D eigenvalue weighted by molar-refractivity contribution is -0.385. The third-order valence-corrected chi connectivity index (χ3v) is 5.66. The summed E-state index contributed by atoms with van der Waals surface area (Å²) in [4.78, 5) is 14.7. The number of rotatable bonds is 3. The first kappa shape index (κ1) is 17.0. The van der Waals surface area contributed by atoms with Gasteiger partial charge in [-0.05, 0) is 51.2 Å². The predicted octanol–water partition coefficient (Wildman–Crippen LogP) is 3.05. The quantitative estimate of drug-likeness (QED) is 0.627. The van der Waals surface area contributed by atoms with Crippen molar-refractivity contribution in [2.45, 2.75) is 25.7 Å². The van der Waals surface area contributed by atoms with Gasteiger partial charge in [-0.25, -0.2) is 4.39 Å². The zero-order valence-corrected chi connectivity index (χ0v) is 14.3. The number of likely N-dealkylation sites (tertiary alicyclic amines) is 1. The Hall–Kier alpha value is -1.89. The maximum atomic E-state index is 14.4. The second-order valence-corrected chi connectivity index (χ2v) is 7.02. The van der Waals surface area contributed by atoms with Gasteiger partial charge >= 0.3 is 5.69 Å². The van der Waals surface area contributed by atoms with Gasteiger partial charge in [-0.15, -0.1) is 0 Å². The van der Waals surface area contributed by atoms with Crippen molar-refractivity contribution >= 4 is 11.4 Å². The van der Waals surface area contributed by atoms with E-state index in [1.807, 2.05) is 4.90 Å². The number of hydrogen-bond acceptors (Lipinski definition) is 5. The van der Waals surface area contributed by atoms with Crippen LogP contribution in [0.15, 0.2) is 12.1 Å². The molecule has 1 spiro atoms. The molecule has 1 aromatic rings. The van der Waals surface area contributed by atoms with Crippen LogP contribution in [-0.4, -0.2) is 50.2 Å². The molecule has 0 N–H and O–H groups in total. The molecule has 2 fully saturated rings. The molecular weight excluding hydrogens is 313 g/mol. The first-order valence-electron chi connectivity index (χ1n) is 8.39. The Bertz CT molecular complexity index is 620. The molecule has 6 nitrogen and oxygen atoms in total. The molecule has 2 aliphatic rings. The molecule has 0 amide bonds. The topological polar surface area (TPSA) is 58.8 Å². The van der Waals surface area contributed by atoms with Crippen LogP contribution < -0.4 is 9.64 Å². The van der Waals surface area contributed by atoms with Gasteiger partial charge in [0.2, 0.25) is 0 Å². The molecule has 2 saturated heterocycles. The highest BCUT2D eigenvalue weighted by molar-refractivity contribution is 5.60. The fourth-order valence-corrected chi connectivity index (χ4v) is 3.90. The van der Waals surface area contributed by atoms with Crippen molar-refractivity contribution in [1.29, 1.82) is 0 Å². The number of nitro benzene ring substituents is 1. The highest BCUT2D eigenvalue weighted by atomic mass is 19.1. The van der Waals surface area contributed by atoms with Crippen molar-refractivity contribution < 1.29 is 14.1 Å². The van der Waals surface area contributed by atoms with E-state index in [0.717, 1.165) is 45.1 Å². The number of methoxy groups -OCH3 is 1. The van der Waals surface area contributed by atoms with Gasteiger partial charge in [0.25, 0.3) is 0 Å². The molecule has 0 aromatic heterocycles. The number of ether oxygens (including phenoxy) is 1. The molecule has 0 bridgehead atoms. The van der Waals surface area contributed by atoms with E-state index in [0.29, 0.717) is 11.1 Å². The van der Waals surface area contributed by atoms with Crippen molar-refractivity contribution in [2.24, 2.45) is 5.41 Å². The summed E-state index contributed by atoms with van der Waals surface area (Å²) in [6.45, 7) is 3.81. The lowest BCUT2D eigenvalue weighted by Crippen LogP contribution is -2.46. The third-order valence-electron chi connectivity index (χ3n) is 5.66. The minimum atomic E-state index is -0.616. The highest BCUT2D eigenvalue weighted by Crippen LogP contribution is 2.43. The molecule has 0 saturated carbocycles. The van der Waals surface area contributed by atoms with Crippen LogP contribution in [0.5, 0.6) is 5.75 Å². The second kappa shape index (κ2) is 6.55. The lowest BCUT2D eigenvalue weighted by atomic mass is 9.71. The fourth-order valence-electron chi connectivity index (χ4n) is 3.90. The molecule has 0 atom stereocenters. The first-order valence-corrected chi connectivity index (χ1v) is 8.39. The summed E-state index contributed by atoms with van der Waals surface area (Å²) in [5.41, 5.74) is 0.451. The zero-order valence-electron chi connectivity index (χ0n) is 14.3. The van der Waals surface area contributed by atoms with Crippen LogP contribution in [0.3, 0.4) is 0 Å².